The van der Waals surface area contributed by atoms with Gasteiger partial charge in [0.1, 0.15) is 17.9 Å². The predicted molar refractivity (Wildman–Crippen MR) is 167 cm³/mol. The number of aliphatic carboxylic acids is 1. The van der Waals surface area contributed by atoms with Crippen LogP contribution in [0.2, 0.25) is 5.02 Å². The molecule has 2 aromatic rings. The lowest BCUT2D eigenvalue weighted by Crippen LogP contribution is -2.53. The number of nitrogens with zero attached hydrogens (tertiary/aromatic N) is 6. The second-order valence-corrected chi connectivity index (χ2v) is 12.9. The summed E-state index contributed by atoms with van der Waals surface area (Å²) in [6.45, 7) is 3.72. The van der Waals surface area contributed by atoms with Crippen LogP contribution in [0.1, 0.15) is 23.0 Å². The van der Waals surface area contributed by atoms with Crippen molar-refractivity contribution in [2.75, 3.05) is 66.6 Å². The Kier molecular flexibility index (Phi) is 9.57. The minimum atomic E-state index is -0.898. The number of aromatic nitrogens is 1. The molecule has 0 radical (unpaired) electrons. The Morgan fingerprint density at radius 3 is 2.70 bits per heavy atom. The van der Waals surface area contributed by atoms with Crippen molar-refractivity contribution in [3.8, 4) is 0 Å². The van der Waals surface area contributed by atoms with Gasteiger partial charge in [0.25, 0.3) is 0 Å². The number of thiazole rings is 1. The first kappa shape index (κ1) is 32.3. The number of esters is 1. The summed E-state index contributed by atoms with van der Waals surface area (Å²) in [5.41, 5.74) is 1.26. The summed E-state index contributed by atoms with van der Waals surface area (Å²) in [6, 6.07) is 2.04. The van der Waals surface area contributed by atoms with E-state index in [-0.39, 0.29) is 28.7 Å². The summed E-state index contributed by atoms with van der Waals surface area (Å²) in [5.74, 6) is -1.55. The summed E-state index contributed by atoms with van der Waals surface area (Å²) in [4.78, 5) is 55.7. The molecule has 6 rings (SSSR count). The Labute approximate surface area is 274 Å². The van der Waals surface area contributed by atoms with Crippen molar-refractivity contribution in [1.29, 1.82) is 0 Å². The van der Waals surface area contributed by atoms with E-state index in [2.05, 4.69) is 15.2 Å². The number of ether oxygens (including phenoxy) is 2. The van der Waals surface area contributed by atoms with Crippen LogP contribution in [0.3, 0.4) is 0 Å². The van der Waals surface area contributed by atoms with Crippen molar-refractivity contribution in [2.24, 2.45) is 4.99 Å². The van der Waals surface area contributed by atoms with Crippen molar-refractivity contribution in [1.82, 2.24) is 29.9 Å². The Bertz CT molecular complexity index is 1560. The molecule has 1 aromatic heterocycles. The number of carbonyl (C=O) groups is 3. The summed E-state index contributed by atoms with van der Waals surface area (Å²) in [6.07, 6.45) is 2.02. The average molecular weight is 676 g/mol. The second-order valence-electron chi connectivity index (χ2n) is 11.6. The number of carbonyl (C=O) groups excluding carboxylic acids is 2. The summed E-state index contributed by atoms with van der Waals surface area (Å²) < 4.78 is 24.4. The quantitative estimate of drug-likeness (QED) is 0.360. The maximum absolute atomic E-state index is 14.0. The van der Waals surface area contributed by atoms with Gasteiger partial charge < -0.3 is 29.7 Å². The molecule has 16 heteroatoms. The number of carboxylic acid groups (broad SMARTS) is 1. The van der Waals surface area contributed by atoms with Crippen LogP contribution in [-0.2, 0) is 19.1 Å². The smallest absolute Gasteiger partial charge is 0.338 e. The molecule has 4 aliphatic heterocycles. The van der Waals surface area contributed by atoms with Crippen molar-refractivity contribution in [3.05, 3.63) is 62.5 Å². The number of likely N-dealkylation sites (tertiary alicyclic amines) is 1. The van der Waals surface area contributed by atoms with Crippen molar-refractivity contribution in [3.63, 3.8) is 0 Å². The van der Waals surface area contributed by atoms with Crippen LogP contribution in [0, 0.1) is 5.82 Å². The van der Waals surface area contributed by atoms with Crippen LogP contribution in [0.4, 0.5) is 9.18 Å². The van der Waals surface area contributed by atoms with Gasteiger partial charge in [-0.2, -0.15) is 0 Å². The van der Waals surface area contributed by atoms with Crippen LogP contribution in [-0.4, -0.2) is 138 Å². The van der Waals surface area contributed by atoms with E-state index in [1.165, 1.54) is 36.6 Å². The molecule has 2 N–H and O–H groups in total. The van der Waals surface area contributed by atoms with E-state index in [9.17, 15) is 23.9 Å². The molecular weight excluding hydrogens is 641 g/mol. The van der Waals surface area contributed by atoms with Crippen molar-refractivity contribution in [2.45, 2.75) is 30.6 Å². The predicted octanol–water partition coefficient (Wildman–Crippen LogP) is 2.05. The number of rotatable bonds is 10. The minimum Gasteiger partial charge on any atom is -0.480 e. The Balaban J connectivity index is 1.23. The highest BCUT2D eigenvalue weighted by Crippen LogP contribution is 2.37. The zero-order valence-electron chi connectivity index (χ0n) is 25.4. The number of fused-ring (bicyclic) bond motifs is 1. The zero-order chi connectivity index (χ0) is 32.5. The first-order valence-electron chi connectivity index (χ1n) is 14.9. The zero-order valence-corrected chi connectivity index (χ0v) is 27.0. The van der Waals surface area contributed by atoms with Crippen LogP contribution in [0.25, 0.3) is 0 Å². The molecule has 4 aliphatic rings. The number of nitrogens with one attached hydrogen (secondary N) is 1. The number of hydrogen-bond donors (Lipinski definition) is 2. The molecule has 0 aliphatic carbocycles. The van der Waals surface area contributed by atoms with Gasteiger partial charge in [0.15, 0.2) is 10.8 Å². The highest BCUT2D eigenvalue weighted by molar-refractivity contribution is 7.11. The Morgan fingerprint density at radius 1 is 1.17 bits per heavy atom. The monoisotopic (exact) mass is 675 g/mol. The van der Waals surface area contributed by atoms with Crippen molar-refractivity contribution >= 4 is 46.7 Å². The maximum Gasteiger partial charge on any atom is 0.338 e. The van der Waals surface area contributed by atoms with Crippen molar-refractivity contribution < 1.29 is 33.4 Å². The molecule has 0 saturated carbocycles. The van der Waals surface area contributed by atoms with Gasteiger partial charge in [0.05, 0.1) is 25.3 Å². The van der Waals surface area contributed by atoms with Gasteiger partial charge in [-0.25, -0.2) is 19.0 Å². The normalized spacial score (nSPS) is 25.5. The third-order valence-corrected chi connectivity index (χ3v) is 10.1. The number of piperazine rings is 1. The fourth-order valence-electron chi connectivity index (χ4n) is 6.76. The molecule has 4 atom stereocenters. The van der Waals surface area contributed by atoms with E-state index in [1.54, 1.807) is 13.3 Å². The molecule has 1 aromatic carbocycles. The molecule has 246 valence electrons. The second kappa shape index (κ2) is 13.6. The molecule has 0 spiro atoms. The fraction of sp³-hybridized carbons (Fsp3) is 0.500. The first-order valence-corrected chi connectivity index (χ1v) is 16.2. The van der Waals surface area contributed by atoms with E-state index in [4.69, 9.17) is 26.1 Å². The van der Waals surface area contributed by atoms with Crippen LogP contribution in [0.5, 0.6) is 0 Å². The standard InChI is InChI=1S/C30H35ClFN7O6S/c1-44-9-8-37-14-18(12-23(37)28(40)41)39-15-19-13-36(6-7-38(19)30(39)43)16-22-24(29(42)45-2)25(20-4-3-17(32)11-21(20)31)35-26(34-22)27-33-5-10-46-27/h3-5,10-11,18-19,23,25H,6-9,12-16H2,1-2H3,(H,34,35)(H,40,41)/t18-,19-,23+,25-/m0/s1. The average Bonchev–Trinajstić information content (AvgIpc) is 3.79. The van der Waals surface area contributed by atoms with Gasteiger partial charge in [-0.1, -0.05) is 17.7 Å². The minimum absolute atomic E-state index is 0.0816. The number of benzene rings is 1. The lowest BCUT2D eigenvalue weighted by molar-refractivity contribution is -0.142. The molecule has 46 heavy (non-hydrogen) atoms. The number of hydrogen-bond acceptors (Lipinski definition) is 11. The maximum atomic E-state index is 14.0. The largest absolute Gasteiger partial charge is 0.480 e. The molecule has 2 amide bonds. The Morgan fingerprint density at radius 2 is 2.00 bits per heavy atom. The third kappa shape index (κ3) is 6.34. The number of methoxy groups -OCH3 is 2. The van der Waals surface area contributed by atoms with Crippen LogP contribution >= 0.6 is 22.9 Å². The molecule has 3 saturated heterocycles. The third-order valence-electron chi connectivity index (χ3n) is 8.96. The molecule has 0 bridgehead atoms. The number of amides is 2. The van der Waals surface area contributed by atoms with E-state index in [1.807, 2.05) is 20.1 Å². The van der Waals surface area contributed by atoms with Gasteiger partial charge in [-0.05, 0) is 18.6 Å². The summed E-state index contributed by atoms with van der Waals surface area (Å²) in [5, 5.41) is 15.7. The molecular formula is C30H35ClFN7O6S. The van der Waals surface area contributed by atoms with E-state index in [0.29, 0.717) is 80.9 Å². The van der Waals surface area contributed by atoms with Crippen LogP contribution < -0.4 is 5.32 Å². The van der Waals surface area contributed by atoms with E-state index < -0.39 is 29.8 Å². The topological polar surface area (TPSA) is 140 Å². The molecule has 5 heterocycles. The lowest BCUT2D eigenvalue weighted by atomic mass is 9.95. The van der Waals surface area contributed by atoms with Crippen LogP contribution in [0.15, 0.2) is 46.0 Å². The summed E-state index contributed by atoms with van der Waals surface area (Å²) in [7, 11) is 2.87. The van der Waals surface area contributed by atoms with E-state index >= 15 is 0 Å². The van der Waals surface area contributed by atoms with Gasteiger partial charge in [0.2, 0.25) is 0 Å². The molecule has 3 fully saturated rings. The van der Waals surface area contributed by atoms with Gasteiger partial charge in [-0.3, -0.25) is 19.6 Å². The molecule has 13 nitrogen and oxygen atoms in total. The number of amidine groups is 1. The number of aliphatic imine (C=N–C) groups is 1. The highest BCUT2D eigenvalue weighted by atomic mass is 35.5. The number of halogens is 2. The molecule has 0 unspecified atom stereocenters. The van der Waals surface area contributed by atoms with Gasteiger partial charge in [-0.15, -0.1) is 11.3 Å². The lowest BCUT2D eigenvalue weighted by Gasteiger charge is -2.38. The first-order chi connectivity index (χ1) is 22.2. The fourth-order valence-corrected chi connectivity index (χ4v) is 7.61. The number of carboxylic acids is 1. The summed E-state index contributed by atoms with van der Waals surface area (Å²) >= 11 is 7.86. The highest BCUT2D eigenvalue weighted by Gasteiger charge is 2.48. The Hall–Kier alpha value is -3.63. The van der Waals surface area contributed by atoms with Gasteiger partial charge >= 0.3 is 18.0 Å². The van der Waals surface area contributed by atoms with E-state index in [0.717, 1.165) is 0 Å². The SMILES string of the molecule is COCCN1C[C@@H](N2C[C@@H]3CN(CC4=C(C(=O)OC)[C@H](c5ccc(F)cc5Cl)N=C(c5nccs5)N4)CCN3C2=O)C[C@@H]1C(=O)O. The number of urea groups is 1. The van der Waals surface area contributed by atoms with Gasteiger partial charge in [0, 0.05) is 86.8 Å².